The van der Waals surface area contributed by atoms with Gasteiger partial charge in [-0.05, 0) is 31.1 Å². The highest BCUT2D eigenvalue weighted by atomic mass is 16.5. The molecule has 4 heteroatoms. The van der Waals surface area contributed by atoms with E-state index in [9.17, 15) is 4.79 Å². The van der Waals surface area contributed by atoms with Crippen LogP contribution in [-0.4, -0.2) is 31.7 Å². The molecule has 0 saturated heterocycles. The highest BCUT2D eigenvalue weighted by Gasteiger charge is 2.44. The molecule has 1 fully saturated rings. The number of rotatable bonds is 4. The zero-order chi connectivity index (χ0) is 13.9. The van der Waals surface area contributed by atoms with Gasteiger partial charge in [-0.3, -0.25) is 4.79 Å². The van der Waals surface area contributed by atoms with Gasteiger partial charge in [-0.1, -0.05) is 20.8 Å². The number of amides is 1. The minimum Gasteiger partial charge on any atom is -0.380 e. The molecule has 1 rings (SSSR count). The normalized spacial score (nSPS) is 32.9. The zero-order valence-electron chi connectivity index (χ0n) is 12.3. The van der Waals surface area contributed by atoms with Crippen molar-refractivity contribution >= 4 is 5.91 Å². The van der Waals surface area contributed by atoms with Crippen molar-refractivity contribution in [2.24, 2.45) is 23.0 Å². The van der Waals surface area contributed by atoms with Gasteiger partial charge in [-0.25, -0.2) is 0 Å². The minimum absolute atomic E-state index is 0.0436. The molecule has 1 aliphatic carbocycles. The van der Waals surface area contributed by atoms with E-state index in [1.165, 1.54) is 0 Å². The van der Waals surface area contributed by atoms with E-state index in [4.69, 9.17) is 10.5 Å². The van der Waals surface area contributed by atoms with E-state index in [-0.39, 0.29) is 29.4 Å². The summed E-state index contributed by atoms with van der Waals surface area (Å²) < 4.78 is 5.14. The van der Waals surface area contributed by atoms with Crippen LogP contribution in [0.25, 0.3) is 0 Å². The van der Waals surface area contributed by atoms with Crippen LogP contribution in [0.3, 0.4) is 0 Å². The van der Waals surface area contributed by atoms with Crippen LogP contribution >= 0.6 is 0 Å². The van der Waals surface area contributed by atoms with Crippen LogP contribution in [0.1, 0.15) is 40.5 Å². The van der Waals surface area contributed by atoms with Crippen molar-refractivity contribution in [2.45, 2.75) is 52.7 Å². The van der Waals surface area contributed by atoms with Crippen molar-refractivity contribution in [3.63, 3.8) is 0 Å². The van der Waals surface area contributed by atoms with Gasteiger partial charge in [0.05, 0.1) is 6.10 Å². The molecule has 0 aromatic rings. The van der Waals surface area contributed by atoms with E-state index in [1.54, 1.807) is 7.11 Å². The summed E-state index contributed by atoms with van der Waals surface area (Å²) in [5.41, 5.74) is 6.06. The standard InChI is InChI=1S/C14H28N2O2/c1-9(18-5)8-16-13(17)11-6-7-12(15)10(2)14(11,3)4/h9-12H,6-8,15H2,1-5H3,(H,16,17). The molecular weight excluding hydrogens is 228 g/mol. The van der Waals surface area contributed by atoms with Crippen molar-refractivity contribution in [2.75, 3.05) is 13.7 Å². The van der Waals surface area contributed by atoms with E-state index >= 15 is 0 Å². The average molecular weight is 256 g/mol. The van der Waals surface area contributed by atoms with E-state index in [1.807, 2.05) is 6.92 Å². The Hall–Kier alpha value is -0.610. The van der Waals surface area contributed by atoms with Crippen LogP contribution in [0.2, 0.25) is 0 Å². The highest BCUT2D eigenvalue weighted by molar-refractivity contribution is 5.79. The summed E-state index contributed by atoms with van der Waals surface area (Å²) in [6, 6.07) is 0.210. The van der Waals surface area contributed by atoms with Gasteiger partial charge in [0.25, 0.3) is 0 Å². The fourth-order valence-electron chi connectivity index (χ4n) is 2.77. The second-order valence-electron chi connectivity index (χ2n) is 6.20. The van der Waals surface area contributed by atoms with Gasteiger partial charge in [-0.2, -0.15) is 0 Å². The maximum absolute atomic E-state index is 12.3. The molecule has 4 unspecified atom stereocenters. The fraction of sp³-hybridized carbons (Fsp3) is 0.929. The van der Waals surface area contributed by atoms with Crippen LogP contribution in [0, 0.1) is 17.3 Å². The molecule has 0 aliphatic heterocycles. The summed E-state index contributed by atoms with van der Waals surface area (Å²) in [5.74, 6) is 0.556. The molecule has 0 bridgehead atoms. The molecule has 3 N–H and O–H groups in total. The van der Waals surface area contributed by atoms with Crippen molar-refractivity contribution in [3.05, 3.63) is 0 Å². The fourth-order valence-corrected chi connectivity index (χ4v) is 2.77. The lowest BCUT2D eigenvalue weighted by atomic mass is 9.61. The van der Waals surface area contributed by atoms with Crippen molar-refractivity contribution < 1.29 is 9.53 Å². The molecule has 1 saturated carbocycles. The molecule has 0 radical (unpaired) electrons. The number of methoxy groups -OCH3 is 1. The Labute approximate surface area is 111 Å². The van der Waals surface area contributed by atoms with Gasteiger partial charge in [0.15, 0.2) is 0 Å². The third kappa shape index (κ3) is 3.23. The summed E-state index contributed by atoms with van der Waals surface area (Å²) in [5, 5.41) is 2.99. The molecule has 106 valence electrons. The molecule has 18 heavy (non-hydrogen) atoms. The lowest BCUT2D eigenvalue weighted by Crippen LogP contribution is -2.52. The Morgan fingerprint density at radius 1 is 1.50 bits per heavy atom. The van der Waals surface area contributed by atoms with E-state index in [2.05, 4.69) is 26.1 Å². The summed E-state index contributed by atoms with van der Waals surface area (Å²) in [7, 11) is 1.66. The summed E-state index contributed by atoms with van der Waals surface area (Å²) >= 11 is 0. The second kappa shape index (κ2) is 6.02. The predicted molar refractivity (Wildman–Crippen MR) is 73.1 cm³/mol. The number of hydrogen-bond acceptors (Lipinski definition) is 3. The summed E-state index contributed by atoms with van der Waals surface area (Å²) in [6.45, 7) is 8.98. The summed E-state index contributed by atoms with van der Waals surface area (Å²) in [6.07, 6.45) is 1.87. The van der Waals surface area contributed by atoms with Crippen LogP contribution < -0.4 is 11.1 Å². The topological polar surface area (TPSA) is 64.3 Å². The predicted octanol–water partition coefficient (Wildman–Crippen LogP) is 1.54. The molecule has 0 aromatic carbocycles. The van der Waals surface area contributed by atoms with Crippen molar-refractivity contribution in [1.29, 1.82) is 0 Å². The molecular formula is C14H28N2O2. The third-order valence-corrected chi connectivity index (χ3v) is 4.79. The maximum atomic E-state index is 12.3. The number of ether oxygens (including phenoxy) is 1. The highest BCUT2D eigenvalue weighted by Crippen LogP contribution is 2.44. The second-order valence-corrected chi connectivity index (χ2v) is 6.20. The average Bonchev–Trinajstić information content (AvgIpc) is 2.32. The first-order valence-corrected chi connectivity index (χ1v) is 6.86. The minimum atomic E-state index is -0.0436. The van der Waals surface area contributed by atoms with Gasteiger partial charge in [-0.15, -0.1) is 0 Å². The van der Waals surface area contributed by atoms with Gasteiger partial charge in [0.2, 0.25) is 5.91 Å². The van der Waals surface area contributed by atoms with Crippen LogP contribution in [0.15, 0.2) is 0 Å². The van der Waals surface area contributed by atoms with E-state index < -0.39 is 0 Å². The summed E-state index contributed by atoms with van der Waals surface area (Å²) in [4.78, 5) is 12.3. The van der Waals surface area contributed by atoms with Gasteiger partial charge in [0.1, 0.15) is 0 Å². The first kappa shape index (κ1) is 15.4. The maximum Gasteiger partial charge on any atom is 0.223 e. The Morgan fingerprint density at radius 2 is 2.11 bits per heavy atom. The first-order chi connectivity index (χ1) is 8.30. The number of carbonyl (C=O) groups is 1. The Balaban J connectivity index is 2.62. The van der Waals surface area contributed by atoms with Crippen molar-refractivity contribution in [3.8, 4) is 0 Å². The monoisotopic (exact) mass is 256 g/mol. The quantitative estimate of drug-likeness (QED) is 0.802. The Kier molecular flexibility index (Phi) is 5.17. The Bertz CT molecular complexity index is 292. The van der Waals surface area contributed by atoms with Gasteiger partial charge >= 0.3 is 0 Å². The van der Waals surface area contributed by atoms with Crippen LogP contribution in [0.4, 0.5) is 0 Å². The first-order valence-electron chi connectivity index (χ1n) is 6.86. The van der Waals surface area contributed by atoms with E-state index in [0.29, 0.717) is 12.5 Å². The van der Waals surface area contributed by atoms with Crippen LogP contribution in [0.5, 0.6) is 0 Å². The van der Waals surface area contributed by atoms with Gasteiger partial charge in [0, 0.05) is 25.6 Å². The molecule has 0 aromatic heterocycles. The zero-order valence-corrected chi connectivity index (χ0v) is 12.3. The molecule has 4 atom stereocenters. The Morgan fingerprint density at radius 3 is 2.67 bits per heavy atom. The molecule has 1 amide bonds. The van der Waals surface area contributed by atoms with E-state index in [0.717, 1.165) is 12.8 Å². The number of nitrogens with two attached hydrogens (primary N) is 1. The lowest BCUT2D eigenvalue weighted by molar-refractivity contribution is -0.133. The number of nitrogens with one attached hydrogen (secondary N) is 1. The number of hydrogen-bond donors (Lipinski definition) is 2. The van der Waals surface area contributed by atoms with Crippen LogP contribution in [-0.2, 0) is 9.53 Å². The molecule has 1 aliphatic rings. The van der Waals surface area contributed by atoms with Crippen molar-refractivity contribution in [1.82, 2.24) is 5.32 Å². The van der Waals surface area contributed by atoms with Gasteiger partial charge < -0.3 is 15.8 Å². The number of carbonyl (C=O) groups excluding carboxylic acids is 1. The molecule has 0 heterocycles. The SMILES string of the molecule is COC(C)CNC(=O)C1CCC(N)C(C)C1(C)C. The molecule has 4 nitrogen and oxygen atoms in total. The smallest absolute Gasteiger partial charge is 0.223 e. The third-order valence-electron chi connectivity index (χ3n) is 4.79. The lowest BCUT2D eigenvalue weighted by Gasteiger charge is -2.46. The largest absolute Gasteiger partial charge is 0.380 e. The molecule has 0 spiro atoms.